The van der Waals surface area contributed by atoms with Crippen LogP contribution in [-0.2, 0) is 10.0 Å². The molecule has 0 amide bonds. The molecule has 2 fully saturated rings. The van der Waals surface area contributed by atoms with Gasteiger partial charge < -0.3 is 0 Å². The SMILES string of the molecule is Cc1ccc(S(=O)(=O)N2CCC3(CC2)CC3C(=O)c2ccccc2)cc1. The van der Waals surface area contributed by atoms with E-state index in [1.54, 1.807) is 16.4 Å². The lowest BCUT2D eigenvalue weighted by Crippen LogP contribution is -2.39. The van der Waals surface area contributed by atoms with E-state index in [-0.39, 0.29) is 17.1 Å². The summed E-state index contributed by atoms with van der Waals surface area (Å²) in [5.41, 5.74) is 1.82. The molecule has 4 rings (SSSR count). The Hall–Kier alpha value is -1.98. The van der Waals surface area contributed by atoms with Crippen LogP contribution in [0, 0.1) is 18.3 Å². The fourth-order valence-corrected chi connectivity index (χ4v) is 5.55. The highest BCUT2D eigenvalue weighted by atomic mass is 32.2. The van der Waals surface area contributed by atoms with Crippen molar-refractivity contribution in [2.75, 3.05) is 13.1 Å². The van der Waals surface area contributed by atoms with Crippen molar-refractivity contribution in [2.24, 2.45) is 11.3 Å². The Morgan fingerprint density at radius 3 is 2.23 bits per heavy atom. The van der Waals surface area contributed by atoms with E-state index in [0.717, 1.165) is 30.4 Å². The fraction of sp³-hybridized carbons (Fsp3) is 0.381. The van der Waals surface area contributed by atoms with Crippen molar-refractivity contribution in [3.63, 3.8) is 0 Å². The molecule has 136 valence electrons. The Morgan fingerprint density at radius 2 is 1.62 bits per heavy atom. The van der Waals surface area contributed by atoms with Crippen LogP contribution < -0.4 is 0 Å². The van der Waals surface area contributed by atoms with Crippen molar-refractivity contribution in [1.29, 1.82) is 0 Å². The van der Waals surface area contributed by atoms with Gasteiger partial charge in [0.05, 0.1) is 4.90 Å². The van der Waals surface area contributed by atoms with Gasteiger partial charge in [-0.05, 0) is 43.7 Å². The van der Waals surface area contributed by atoms with E-state index in [4.69, 9.17) is 0 Å². The maximum atomic E-state index is 12.8. The van der Waals surface area contributed by atoms with Crippen LogP contribution in [0.3, 0.4) is 0 Å². The topological polar surface area (TPSA) is 54.5 Å². The number of rotatable bonds is 4. The number of ketones is 1. The Morgan fingerprint density at radius 1 is 1.00 bits per heavy atom. The average Bonchev–Trinajstić information content (AvgIpc) is 3.35. The quantitative estimate of drug-likeness (QED) is 0.773. The minimum Gasteiger partial charge on any atom is -0.294 e. The first-order chi connectivity index (χ1) is 12.4. The summed E-state index contributed by atoms with van der Waals surface area (Å²) < 4.78 is 27.2. The highest BCUT2D eigenvalue weighted by molar-refractivity contribution is 7.89. The molecule has 4 nitrogen and oxygen atoms in total. The second kappa shape index (κ2) is 6.32. The van der Waals surface area contributed by atoms with E-state index in [0.29, 0.717) is 18.0 Å². The lowest BCUT2D eigenvalue weighted by Gasteiger charge is -2.32. The summed E-state index contributed by atoms with van der Waals surface area (Å²) in [6, 6.07) is 16.4. The van der Waals surface area contributed by atoms with Gasteiger partial charge in [0.15, 0.2) is 5.78 Å². The molecule has 0 aromatic heterocycles. The Balaban J connectivity index is 1.44. The zero-order valence-corrected chi connectivity index (χ0v) is 15.7. The number of hydrogen-bond donors (Lipinski definition) is 0. The maximum Gasteiger partial charge on any atom is 0.243 e. The molecule has 1 atom stereocenters. The van der Waals surface area contributed by atoms with Gasteiger partial charge in [0.2, 0.25) is 10.0 Å². The van der Waals surface area contributed by atoms with E-state index in [1.165, 1.54) is 0 Å². The molecule has 1 unspecified atom stereocenters. The van der Waals surface area contributed by atoms with E-state index in [9.17, 15) is 13.2 Å². The number of Topliss-reactive ketones (excluding diaryl/α,β-unsaturated/α-hetero) is 1. The first kappa shape index (κ1) is 17.4. The van der Waals surface area contributed by atoms with Crippen molar-refractivity contribution in [2.45, 2.75) is 31.1 Å². The average molecular weight is 369 g/mol. The van der Waals surface area contributed by atoms with Crippen LogP contribution in [0.1, 0.15) is 35.2 Å². The second-order valence-corrected chi connectivity index (χ2v) is 9.50. The van der Waals surface area contributed by atoms with Gasteiger partial charge in [-0.2, -0.15) is 4.31 Å². The molecule has 1 heterocycles. The molecule has 5 heteroatoms. The number of benzene rings is 2. The van der Waals surface area contributed by atoms with Crippen molar-refractivity contribution in [3.8, 4) is 0 Å². The summed E-state index contributed by atoms with van der Waals surface area (Å²) in [4.78, 5) is 13.0. The molecule has 1 aliphatic heterocycles. The summed E-state index contributed by atoms with van der Waals surface area (Å²) in [5.74, 6) is 0.259. The standard InChI is InChI=1S/C21H23NO3S/c1-16-7-9-18(10-8-16)26(24,25)22-13-11-21(12-14-22)15-19(21)20(23)17-5-3-2-4-6-17/h2-10,19H,11-15H2,1H3. The van der Waals surface area contributed by atoms with Crippen LogP contribution in [0.15, 0.2) is 59.5 Å². The molecular formula is C21H23NO3S. The van der Waals surface area contributed by atoms with Gasteiger partial charge in [0.25, 0.3) is 0 Å². The summed E-state index contributed by atoms with van der Waals surface area (Å²) in [6.07, 6.45) is 2.42. The van der Waals surface area contributed by atoms with E-state index < -0.39 is 10.0 Å². The number of nitrogens with zero attached hydrogens (tertiary/aromatic N) is 1. The molecule has 2 aliphatic rings. The molecule has 2 aromatic rings. The van der Waals surface area contributed by atoms with Crippen LogP contribution in [0.5, 0.6) is 0 Å². The van der Waals surface area contributed by atoms with Gasteiger partial charge in [-0.1, -0.05) is 48.0 Å². The Kier molecular flexibility index (Phi) is 4.24. The molecular weight excluding hydrogens is 346 g/mol. The number of piperidine rings is 1. The first-order valence-electron chi connectivity index (χ1n) is 9.08. The van der Waals surface area contributed by atoms with Crippen LogP contribution in [0.2, 0.25) is 0 Å². The molecule has 1 aliphatic carbocycles. The summed E-state index contributed by atoms with van der Waals surface area (Å²) in [6.45, 7) is 2.93. The summed E-state index contributed by atoms with van der Waals surface area (Å²) in [7, 11) is -3.44. The van der Waals surface area contributed by atoms with Gasteiger partial charge in [-0.15, -0.1) is 0 Å². The normalized spacial score (nSPS) is 22.3. The van der Waals surface area contributed by atoms with Gasteiger partial charge in [0.1, 0.15) is 0 Å². The van der Waals surface area contributed by atoms with Gasteiger partial charge in [-0.3, -0.25) is 4.79 Å². The molecule has 2 aromatic carbocycles. The zero-order chi connectivity index (χ0) is 18.4. The minimum atomic E-state index is -3.44. The third-order valence-corrected chi connectivity index (χ3v) is 7.85. The predicted octanol–water partition coefficient (Wildman–Crippen LogP) is 3.67. The molecule has 1 spiro atoms. The Labute approximate surface area is 154 Å². The van der Waals surface area contributed by atoms with Crippen LogP contribution in [0.4, 0.5) is 0 Å². The third kappa shape index (κ3) is 2.99. The number of hydrogen-bond acceptors (Lipinski definition) is 3. The molecule has 0 bridgehead atoms. The van der Waals surface area contributed by atoms with Crippen LogP contribution in [-0.4, -0.2) is 31.6 Å². The predicted molar refractivity (Wildman–Crippen MR) is 100 cm³/mol. The monoisotopic (exact) mass is 369 g/mol. The minimum absolute atomic E-state index is 0.00617. The van der Waals surface area contributed by atoms with Crippen LogP contribution >= 0.6 is 0 Å². The number of carbonyl (C=O) groups excluding carboxylic acids is 1. The number of carbonyl (C=O) groups is 1. The zero-order valence-electron chi connectivity index (χ0n) is 14.9. The van der Waals surface area contributed by atoms with Crippen molar-refractivity contribution < 1.29 is 13.2 Å². The van der Waals surface area contributed by atoms with E-state index >= 15 is 0 Å². The summed E-state index contributed by atoms with van der Waals surface area (Å²) >= 11 is 0. The number of aryl methyl sites for hydroxylation is 1. The Bertz CT molecular complexity index is 911. The molecule has 26 heavy (non-hydrogen) atoms. The number of sulfonamides is 1. The fourth-order valence-electron chi connectivity index (χ4n) is 4.11. The van der Waals surface area contributed by atoms with Gasteiger partial charge in [-0.25, -0.2) is 8.42 Å². The molecule has 1 saturated heterocycles. The maximum absolute atomic E-state index is 12.8. The van der Waals surface area contributed by atoms with Crippen molar-refractivity contribution >= 4 is 15.8 Å². The van der Waals surface area contributed by atoms with Crippen molar-refractivity contribution in [3.05, 3.63) is 65.7 Å². The van der Waals surface area contributed by atoms with Gasteiger partial charge in [0, 0.05) is 24.6 Å². The van der Waals surface area contributed by atoms with E-state index in [1.807, 2.05) is 49.4 Å². The van der Waals surface area contributed by atoms with E-state index in [2.05, 4.69) is 0 Å². The second-order valence-electron chi connectivity index (χ2n) is 7.57. The highest BCUT2D eigenvalue weighted by Crippen LogP contribution is 2.60. The smallest absolute Gasteiger partial charge is 0.243 e. The van der Waals surface area contributed by atoms with Crippen LogP contribution in [0.25, 0.3) is 0 Å². The lowest BCUT2D eigenvalue weighted by atomic mass is 9.89. The van der Waals surface area contributed by atoms with Gasteiger partial charge >= 0.3 is 0 Å². The molecule has 1 saturated carbocycles. The largest absolute Gasteiger partial charge is 0.294 e. The third-order valence-electron chi connectivity index (χ3n) is 5.94. The highest BCUT2D eigenvalue weighted by Gasteiger charge is 2.58. The first-order valence-corrected chi connectivity index (χ1v) is 10.5. The lowest BCUT2D eigenvalue weighted by molar-refractivity contribution is 0.0934. The van der Waals surface area contributed by atoms with Crippen molar-refractivity contribution in [1.82, 2.24) is 4.31 Å². The molecule has 0 radical (unpaired) electrons. The molecule has 0 N–H and O–H groups in total. The summed E-state index contributed by atoms with van der Waals surface area (Å²) in [5, 5.41) is 0.